The van der Waals surface area contributed by atoms with Crippen LogP contribution in [0, 0.1) is 5.82 Å². The summed E-state index contributed by atoms with van der Waals surface area (Å²) < 4.78 is 13.8. The SMILES string of the molecule is CC(=O)N(NCc1cccc(F)c1Cl)[C@@H](CNCCO)CON(C=O)c1cc2ccccc2cn1. The van der Waals surface area contributed by atoms with Crippen molar-refractivity contribution in [3.8, 4) is 0 Å². The zero-order valence-electron chi connectivity index (χ0n) is 19.2. The molecular formula is C24H27ClFN5O4. The Labute approximate surface area is 207 Å². The van der Waals surface area contributed by atoms with Gasteiger partial charge in [0.2, 0.25) is 12.3 Å². The Balaban J connectivity index is 1.74. The number of hydrazine groups is 1. The van der Waals surface area contributed by atoms with Crippen molar-refractivity contribution in [2.45, 2.75) is 19.5 Å². The van der Waals surface area contributed by atoms with E-state index in [2.05, 4.69) is 15.7 Å². The van der Waals surface area contributed by atoms with Crippen LogP contribution in [0.1, 0.15) is 12.5 Å². The van der Waals surface area contributed by atoms with Gasteiger partial charge in [-0.1, -0.05) is 48.0 Å². The standard InChI is InChI=1S/C24H27ClFN5O4/c1-17(34)31(29-13-20-7-4-8-22(26)24(20)25)21(14-27-9-10-32)15-35-30(16-33)23-11-18-5-2-3-6-19(18)12-28-23/h2-8,11-12,16,21,27,29,32H,9-10,13-15H2,1H3/t21-/m0/s1. The fraction of sp³-hybridized carbons (Fsp3) is 0.292. The third kappa shape index (κ3) is 7.17. The molecule has 1 atom stereocenters. The van der Waals surface area contributed by atoms with E-state index >= 15 is 0 Å². The number of aliphatic hydroxyl groups excluding tert-OH is 1. The van der Waals surface area contributed by atoms with E-state index in [1.807, 2.05) is 24.3 Å². The van der Waals surface area contributed by atoms with E-state index in [0.29, 0.717) is 18.5 Å². The number of rotatable bonds is 13. The highest BCUT2D eigenvalue weighted by atomic mass is 35.5. The van der Waals surface area contributed by atoms with Crippen LogP contribution in [0.4, 0.5) is 10.2 Å². The monoisotopic (exact) mass is 503 g/mol. The molecule has 1 aromatic heterocycles. The number of hydrogen-bond acceptors (Lipinski definition) is 7. The molecular weight excluding hydrogens is 477 g/mol. The summed E-state index contributed by atoms with van der Waals surface area (Å²) in [6.45, 7) is 1.79. The maximum absolute atomic E-state index is 13.8. The molecule has 1 heterocycles. The molecule has 0 unspecified atom stereocenters. The van der Waals surface area contributed by atoms with E-state index in [1.54, 1.807) is 18.3 Å². The third-order valence-corrected chi connectivity index (χ3v) is 5.61. The Morgan fingerprint density at radius 3 is 2.74 bits per heavy atom. The lowest BCUT2D eigenvalue weighted by molar-refractivity contribution is -0.137. The van der Waals surface area contributed by atoms with Gasteiger partial charge in [-0.05, 0) is 23.1 Å². The molecule has 0 fully saturated rings. The number of aromatic nitrogens is 1. The van der Waals surface area contributed by atoms with E-state index in [4.69, 9.17) is 21.5 Å². The predicted molar refractivity (Wildman–Crippen MR) is 131 cm³/mol. The second-order valence-electron chi connectivity index (χ2n) is 7.64. The number of nitrogens with one attached hydrogen (secondary N) is 2. The number of carbonyl (C=O) groups excluding carboxylic acids is 2. The molecule has 0 aliphatic carbocycles. The predicted octanol–water partition coefficient (Wildman–Crippen LogP) is 2.43. The quantitative estimate of drug-likeness (QED) is 0.187. The van der Waals surface area contributed by atoms with Gasteiger partial charge in [0.15, 0.2) is 5.82 Å². The van der Waals surface area contributed by atoms with Gasteiger partial charge >= 0.3 is 0 Å². The topological polar surface area (TPSA) is 107 Å². The summed E-state index contributed by atoms with van der Waals surface area (Å²) in [5, 5.41) is 16.2. The molecule has 0 aliphatic heterocycles. The van der Waals surface area contributed by atoms with Crippen LogP contribution in [0.5, 0.6) is 0 Å². The average Bonchev–Trinajstić information content (AvgIpc) is 2.86. The summed E-state index contributed by atoms with van der Waals surface area (Å²) in [6.07, 6.45) is 2.13. The lowest BCUT2D eigenvalue weighted by Crippen LogP contribution is -2.54. The first-order valence-corrected chi connectivity index (χ1v) is 11.3. The fourth-order valence-electron chi connectivity index (χ4n) is 3.43. The average molecular weight is 504 g/mol. The normalized spacial score (nSPS) is 11.9. The van der Waals surface area contributed by atoms with Crippen LogP contribution < -0.4 is 15.8 Å². The van der Waals surface area contributed by atoms with E-state index in [0.717, 1.165) is 15.8 Å². The molecule has 0 radical (unpaired) electrons. The maximum Gasteiger partial charge on any atom is 0.239 e. The van der Waals surface area contributed by atoms with Crippen LogP contribution in [0.2, 0.25) is 5.02 Å². The molecule has 3 N–H and O–H groups in total. The number of hydroxylamine groups is 1. The van der Waals surface area contributed by atoms with E-state index in [1.165, 1.54) is 24.1 Å². The Bertz CT molecular complexity index is 1150. The summed E-state index contributed by atoms with van der Waals surface area (Å²) in [6, 6.07) is 13.1. The number of benzene rings is 2. The van der Waals surface area contributed by atoms with Crippen molar-refractivity contribution in [2.75, 3.05) is 31.4 Å². The Kier molecular flexibility index (Phi) is 9.88. The summed E-state index contributed by atoms with van der Waals surface area (Å²) in [5.74, 6) is -0.609. The molecule has 0 spiro atoms. The molecule has 186 valence electrons. The van der Waals surface area contributed by atoms with Crippen molar-refractivity contribution in [1.82, 2.24) is 20.7 Å². The van der Waals surface area contributed by atoms with Gasteiger partial charge in [-0.2, -0.15) is 5.06 Å². The van der Waals surface area contributed by atoms with Gasteiger partial charge in [-0.3, -0.25) is 19.4 Å². The molecule has 0 saturated heterocycles. The largest absolute Gasteiger partial charge is 0.395 e. The Morgan fingerprint density at radius 1 is 1.26 bits per heavy atom. The second-order valence-corrected chi connectivity index (χ2v) is 8.01. The van der Waals surface area contributed by atoms with Crippen LogP contribution in [0.3, 0.4) is 0 Å². The van der Waals surface area contributed by atoms with Crippen LogP contribution in [-0.2, 0) is 21.0 Å². The summed E-state index contributed by atoms with van der Waals surface area (Å²) >= 11 is 6.03. The highest BCUT2D eigenvalue weighted by Gasteiger charge is 2.24. The van der Waals surface area contributed by atoms with E-state index in [-0.39, 0.29) is 43.1 Å². The Morgan fingerprint density at radius 2 is 2.03 bits per heavy atom. The number of amides is 2. The van der Waals surface area contributed by atoms with E-state index in [9.17, 15) is 14.0 Å². The number of carbonyl (C=O) groups is 2. The van der Waals surface area contributed by atoms with Crippen LogP contribution in [0.25, 0.3) is 10.8 Å². The van der Waals surface area contributed by atoms with Crippen molar-refractivity contribution < 1.29 is 23.9 Å². The minimum Gasteiger partial charge on any atom is -0.395 e. The summed E-state index contributed by atoms with van der Waals surface area (Å²) in [4.78, 5) is 34.2. The van der Waals surface area contributed by atoms with Gasteiger partial charge in [0.1, 0.15) is 5.82 Å². The van der Waals surface area contributed by atoms with Crippen molar-refractivity contribution in [2.24, 2.45) is 0 Å². The van der Waals surface area contributed by atoms with Crippen molar-refractivity contribution in [1.29, 1.82) is 0 Å². The molecule has 35 heavy (non-hydrogen) atoms. The fourth-order valence-corrected chi connectivity index (χ4v) is 3.63. The van der Waals surface area contributed by atoms with Gasteiger partial charge in [0.05, 0.1) is 24.3 Å². The lowest BCUT2D eigenvalue weighted by Gasteiger charge is -2.32. The lowest BCUT2D eigenvalue weighted by atomic mass is 10.2. The number of halogens is 2. The highest BCUT2D eigenvalue weighted by Crippen LogP contribution is 2.20. The van der Waals surface area contributed by atoms with Crippen molar-refractivity contribution in [3.63, 3.8) is 0 Å². The molecule has 0 saturated carbocycles. The van der Waals surface area contributed by atoms with Gasteiger partial charge in [0, 0.05) is 38.1 Å². The van der Waals surface area contributed by atoms with Gasteiger partial charge in [-0.25, -0.2) is 14.8 Å². The smallest absolute Gasteiger partial charge is 0.239 e. The number of hydrogen-bond donors (Lipinski definition) is 3. The number of pyridine rings is 1. The number of fused-ring (bicyclic) bond motifs is 1. The Hall–Kier alpha value is -3.15. The molecule has 3 aromatic rings. The first-order valence-electron chi connectivity index (χ1n) is 10.9. The summed E-state index contributed by atoms with van der Waals surface area (Å²) in [7, 11) is 0. The van der Waals surface area contributed by atoms with Crippen LogP contribution in [-0.4, -0.2) is 59.8 Å². The number of anilines is 1. The van der Waals surface area contributed by atoms with Gasteiger partial charge in [-0.15, -0.1) is 0 Å². The molecule has 2 aromatic carbocycles. The van der Waals surface area contributed by atoms with Crippen LogP contribution >= 0.6 is 11.6 Å². The molecule has 3 rings (SSSR count). The molecule has 11 heteroatoms. The maximum atomic E-state index is 13.8. The van der Waals surface area contributed by atoms with Gasteiger partial charge in [0.25, 0.3) is 0 Å². The van der Waals surface area contributed by atoms with Gasteiger partial charge < -0.3 is 10.4 Å². The third-order valence-electron chi connectivity index (χ3n) is 5.19. The minimum atomic E-state index is -0.603. The summed E-state index contributed by atoms with van der Waals surface area (Å²) in [5.41, 5.74) is 3.43. The van der Waals surface area contributed by atoms with Crippen LogP contribution in [0.15, 0.2) is 54.7 Å². The minimum absolute atomic E-state index is 0.0378. The zero-order chi connectivity index (χ0) is 25.2. The first kappa shape index (κ1) is 26.5. The molecule has 0 aliphatic rings. The number of aliphatic hydroxyl groups is 1. The van der Waals surface area contributed by atoms with E-state index < -0.39 is 11.9 Å². The molecule has 0 bridgehead atoms. The zero-order valence-corrected chi connectivity index (χ0v) is 19.9. The highest BCUT2D eigenvalue weighted by molar-refractivity contribution is 6.31. The second kappa shape index (κ2) is 13.1. The molecule has 9 nitrogen and oxygen atoms in total. The van der Waals surface area contributed by atoms with Crippen molar-refractivity contribution in [3.05, 3.63) is 71.1 Å². The first-order chi connectivity index (χ1) is 16.9. The van der Waals surface area contributed by atoms with Crippen molar-refractivity contribution >= 4 is 40.5 Å². The number of nitrogens with zero attached hydrogens (tertiary/aromatic N) is 3. The molecule has 2 amide bonds.